The van der Waals surface area contributed by atoms with E-state index in [2.05, 4.69) is 10.1 Å². The van der Waals surface area contributed by atoms with E-state index in [0.717, 1.165) is 0 Å². The molecule has 7 heteroatoms. The number of aromatic hydroxyl groups is 1. The largest absolute Gasteiger partial charge is 0.507 e. The van der Waals surface area contributed by atoms with Crippen LogP contribution in [0, 0.1) is 6.92 Å². The molecule has 0 heterocycles. The molecule has 1 rings (SSSR count). The van der Waals surface area contributed by atoms with Crippen LogP contribution in [0.15, 0.2) is 18.2 Å². The van der Waals surface area contributed by atoms with Crippen LogP contribution in [0.4, 0.5) is 4.79 Å². The lowest BCUT2D eigenvalue weighted by atomic mass is 10.1. The third-order valence-corrected chi connectivity index (χ3v) is 2.27. The van der Waals surface area contributed by atoms with Gasteiger partial charge in [-0.1, -0.05) is 12.1 Å². The second-order valence-corrected chi connectivity index (χ2v) is 3.67. The first kappa shape index (κ1) is 14.5. The van der Waals surface area contributed by atoms with Gasteiger partial charge in [-0.05, 0) is 18.6 Å². The number of hydrogen-bond acceptors (Lipinski definition) is 5. The molecule has 0 aliphatic rings. The average molecular weight is 266 g/mol. The number of rotatable bonds is 3. The third-order valence-electron chi connectivity index (χ3n) is 2.27. The van der Waals surface area contributed by atoms with Crippen molar-refractivity contribution in [3.63, 3.8) is 0 Å². The zero-order chi connectivity index (χ0) is 14.4. The lowest BCUT2D eigenvalue weighted by Crippen LogP contribution is -2.39. The average Bonchev–Trinajstić information content (AvgIpc) is 2.39. The topological polar surface area (TPSA) is 105 Å². The third kappa shape index (κ3) is 3.98. The minimum Gasteiger partial charge on any atom is -0.507 e. The van der Waals surface area contributed by atoms with Crippen LogP contribution in [-0.4, -0.2) is 36.7 Å². The molecule has 0 unspecified atom stereocenters. The number of carbonyl (C=O) groups is 3. The number of nitrogens with one attached hydrogen (secondary N) is 2. The lowest BCUT2D eigenvalue weighted by Gasteiger charge is -2.07. The molecule has 0 bridgehead atoms. The fourth-order valence-corrected chi connectivity index (χ4v) is 1.26. The summed E-state index contributed by atoms with van der Waals surface area (Å²) >= 11 is 0. The van der Waals surface area contributed by atoms with Gasteiger partial charge in [0.05, 0.1) is 0 Å². The molecule has 1 aromatic carbocycles. The number of phenolic OH excluding ortho intramolecular Hbond substituents is 1. The summed E-state index contributed by atoms with van der Waals surface area (Å²) in [5.41, 5.74) is 0.483. The number of imide groups is 1. The van der Waals surface area contributed by atoms with E-state index >= 15 is 0 Å². The molecule has 1 aromatic rings. The van der Waals surface area contributed by atoms with Gasteiger partial charge in [0.15, 0.2) is 6.61 Å². The molecule has 0 radical (unpaired) electrons. The van der Waals surface area contributed by atoms with Crippen molar-refractivity contribution in [2.75, 3.05) is 13.7 Å². The van der Waals surface area contributed by atoms with Crippen molar-refractivity contribution in [1.82, 2.24) is 10.6 Å². The Morgan fingerprint density at radius 2 is 2.00 bits per heavy atom. The molecule has 3 amide bonds. The smallest absolute Gasteiger partial charge is 0.342 e. The predicted molar refractivity (Wildman–Crippen MR) is 65.7 cm³/mol. The quantitative estimate of drug-likeness (QED) is 0.683. The molecular weight excluding hydrogens is 252 g/mol. The van der Waals surface area contributed by atoms with Crippen molar-refractivity contribution < 1.29 is 24.2 Å². The lowest BCUT2D eigenvalue weighted by molar-refractivity contribution is -0.123. The molecule has 0 aliphatic heterocycles. The van der Waals surface area contributed by atoms with Gasteiger partial charge in [0.2, 0.25) is 0 Å². The van der Waals surface area contributed by atoms with Crippen molar-refractivity contribution >= 4 is 17.9 Å². The van der Waals surface area contributed by atoms with E-state index in [1.54, 1.807) is 19.1 Å². The van der Waals surface area contributed by atoms with Crippen molar-refractivity contribution in [3.05, 3.63) is 29.3 Å². The van der Waals surface area contributed by atoms with Crippen LogP contribution in [0.25, 0.3) is 0 Å². The van der Waals surface area contributed by atoms with Gasteiger partial charge in [0.25, 0.3) is 5.91 Å². The second-order valence-electron chi connectivity index (χ2n) is 3.67. The molecule has 0 aromatic heterocycles. The summed E-state index contributed by atoms with van der Waals surface area (Å²) in [5.74, 6) is -1.80. The molecule has 102 valence electrons. The Morgan fingerprint density at radius 1 is 1.32 bits per heavy atom. The van der Waals surface area contributed by atoms with Gasteiger partial charge in [-0.15, -0.1) is 0 Å². The van der Waals surface area contributed by atoms with Crippen LogP contribution in [0.5, 0.6) is 5.75 Å². The number of amides is 3. The molecule has 0 spiro atoms. The molecule has 0 aliphatic carbocycles. The summed E-state index contributed by atoms with van der Waals surface area (Å²) in [4.78, 5) is 33.6. The number of aryl methyl sites for hydroxylation is 1. The number of carbonyl (C=O) groups excluding carboxylic acids is 3. The Hall–Kier alpha value is -2.57. The molecular formula is C12H14N2O5. The summed E-state index contributed by atoms with van der Waals surface area (Å²) in [6.45, 7) is 1.02. The predicted octanol–water partition coefficient (Wildman–Crippen LogP) is 0.313. The van der Waals surface area contributed by atoms with Crippen molar-refractivity contribution in [1.29, 1.82) is 0 Å². The Labute approximate surface area is 109 Å². The first-order valence-corrected chi connectivity index (χ1v) is 5.43. The highest BCUT2D eigenvalue weighted by Gasteiger charge is 2.16. The van der Waals surface area contributed by atoms with E-state index < -0.39 is 24.5 Å². The van der Waals surface area contributed by atoms with Gasteiger partial charge in [-0.25, -0.2) is 9.59 Å². The minimum absolute atomic E-state index is 0.0345. The summed E-state index contributed by atoms with van der Waals surface area (Å²) in [6, 6.07) is 3.89. The summed E-state index contributed by atoms with van der Waals surface area (Å²) in [5, 5.41) is 13.8. The maximum Gasteiger partial charge on any atom is 0.342 e. The molecule has 0 saturated heterocycles. The summed E-state index contributed by atoms with van der Waals surface area (Å²) in [7, 11) is 1.35. The minimum atomic E-state index is -0.840. The Bertz CT molecular complexity index is 513. The molecule has 7 nitrogen and oxygen atoms in total. The van der Waals surface area contributed by atoms with Crippen LogP contribution in [0.3, 0.4) is 0 Å². The zero-order valence-electron chi connectivity index (χ0n) is 10.5. The van der Waals surface area contributed by atoms with Gasteiger partial charge in [0, 0.05) is 7.05 Å². The first-order chi connectivity index (χ1) is 8.95. The molecule has 3 N–H and O–H groups in total. The van der Waals surface area contributed by atoms with E-state index in [0.29, 0.717) is 5.56 Å². The van der Waals surface area contributed by atoms with Crippen molar-refractivity contribution in [3.8, 4) is 5.75 Å². The molecule has 0 saturated carbocycles. The van der Waals surface area contributed by atoms with Crippen LogP contribution in [0.2, 0.25) is 0 Å². The normalized spacial score (nSPS) is 9.58. The molecule has 19 heavy (non-hydrogen) atoms. The number of esters is 1. The maximum absolute atomic E-state index is 11.6. The van der Waals surface area contributed by atoms with Crippen LogP contribution >= 0.6 is 0 Å². The van der Waals surface area contributed by atoms with E-state index in [1.165, 1.54) is 13.1 Å². The highest BCUT2D eigenvalue weighted by atomic mass is 16.5. The van der Waals surface area contributed by atoms with Crippen LogP contribution < -0.4 is 10.6 Å². The highest BCUT2D eigenvalue weighted by Crippen LogP contribution is 2.21. The fourth-order valence-electron chi connectivity index (χ4n) is 1.26. The van der Waals surface area contributed by atoms with Crippen LogP contribution in [0.1, 0.15) is 15.9 Å². The van der Waals surface area contributed by atoms with E-state index in [1.807, 2.05) is 5.32 Å². The first-order valence-electron chi connectivity index (χ1n) is 5.43. The Morgan fingerprint density at radius 3 is 2.63 bits per heavy atom. The second kappa shape index (κ2) is 6.39. The Balaban J connectivity index is 2.59. The van der Waals surface area contributed by atoms with Crippen molar-refractivity contribution in [2.24, 2.45) is 0 Å². The SMILES string of the molecule is CNC(=O)NC(=O)COC(=O)c1cccc(C)c1O. The number of ether oxygens (including phenoxy) is 1. The monoisotopic (exact) mass is 266 g/mol. The van der Waals surface area contributed by atoms with E-state index in [-0.39, 0.29) is 11.3 Å². The zero-order valence-corrected chi connectivity index (χ0v) is 10.5. The molecule has 0 fully saturated rings. The summed E-state index contributed by atoms with van der Waals surface area (Å²) < 4.78 is 4.68. The van der Waals surface area contributed by atoms with Crippen LogP contribution in [-0.2, 0) is 9.53 Å². The van der Waals surface area contributed by atoms with Gasteiger partial charge < -0.3 is 15.2 Å². The fraction of sp³-hybridized carbons (Fsp3) is 0.250. The van der Waals surface area contributed by atoms with E-state index in [9.17, 15) is 19.5 Å². The van der Waals surface area contributed by atoms with Gasteiger partial charge in [0.1, 0.15) is 11.3 Å². The molecule has 0 atom stereocenters. The van der Waals surface area contributed by atoms with Gasteiger partial charge >= 0.3 is 12.0 Å². The number of phenols is 1. The number of para-hydroxylation sites is 1. The number of hydrogen-bond donors (Lipinski definition) is 3. The standard InChI is InChI=1S/C12H14N2O5/c1-7-4-3-5-8(10(7)16)11(17)19-6-9(15)14-12(18)13-2/h3-5,16H,6H2,1-2H3,(H2,13,14,15,18). The van der Waals surface area contributed by atoms with Gasteiger partial charge in [-0.3, -0.25) is 10.1 Å². The number of benzene rings is 1. The summed E-state index contributed by atoms with van der Waals surface area (Å²) in [6.07, 6.45) is 0. The Kier molecular flexibility index (Phi) is 4.87. The van der Waals surface area contributed by atoms with Crippen molar-refractivity contribution in [2.45, 2.75) is 6.92 Å². The van der Waals surface area contributed by atoms with Gasteiger partial charge in [-0.2, -0.15) is 0 Å². The number of urea groups is 1. The van der Waals surface area contributed by atoms with E-state index in [4.69, 9.17) is 0 Å². The maximum atomic E-state index is 11.6. The highest BCUT2D eigenvalue weighted by molar-refractivity contribution is 5.97.